The molecule has 2 aliphatic rings. The zero-order chi connectivity index (χ0) is 19.9. The summed E-state index contributed by atoms with van der Waals surface area (Å²) >= 11 is 6.00. The van der Waals surface area contributed by atoms with Crippen LogP contribution in [-0.2, 0) is 10.2 Å². The Hall–Kier alpha value is -2.73. The average molecular weight is 402 g/mol. The normalized spacial score (nSPS) is 23.2. The van der Waals surface area contributed by atoms with Gasteiger partial charge in [-0.05, 0) is 61.6 Å². The second-order valence-electron chi connectivity index (χ2n) is 7.21. The van der Waals surface area contributed by atoms with E-state index in [0.717, 1.165) is 5.56 Å². The number of carboxylic acids is 1. The number of benzene rings is 2. The molecule has 1 amide bonds. The molecule has 0 unspecified atom stereocenters. The van der Waals surface area contributed by atoms with E-state index >= 15 is 0 Å². The summed E-state index contributed by atoms with van der Waals surface area (Å²) in [5, 5.41) is 12.8. The van der Waals surface area contributed by atoms with E-state index < -0.39 is 11.4 Å². The molecule has 4 rings (SSSR count). The summed E-state index contributed by atoms with van der Waals surface area (Å²) in [6, 6.07) is 10.0. The van der Waals surface area contributed by atoms with E-state index in [9.17, 15) is 14.7 Å². The number of anilines is 1. The molecule has 0 saturated heterocycles. The number of aromatic carboxylic acids is 1. The zero-order valence-electron chi connectivity index (χ0n) is 15.3. The molecule has 2 N–H and O–H groups in total. The van der Waals surface area contributed by atoms with Crippen molar-refractivity contribution in [2.45, 2.75) is 37.2 Å². The van der Waals surface area contributed by atoms with Crippen LogP contribution in [0.1, 0.15) is 41.6 Å². The molecule has 2 aromatic carbocycles. The average Bonchev–Trinajstić information content (AvgIpc) is 2.95. The molecule has 2 aromatic rings. The lowest BCUT2D eigenvalue weighted by Gasteiger charge is -2.36. The molecule has 1 spiro atoms. The van der Waals surface area contributed by atoms with Gasteiger partial charge in [-0.2, -0.15) is 0 Å². The Labute approximate surface area is 167 Å². The number of carbonyl (C=O) groups is 2. The molecule has 0 bridgehead atoms. The highest BCUT2D eigenvalue weighted by Crippen LogP contribution is 2.48. The van der Waals surface area contributed by atoms with Gasteiger partial charge in [0.2, 0.25) is 5.91 Å². The van der Waals surface area contributed by atoms with Crippen molar-refractivity contribution in [2.75, 3.05) is 12.4 Å². The van der Waals surface area contributed by atoms with Gasteiger partial charge >= 0.3 is 5.97 Å². The molecular formula is C21H20ClNO5. The highest BCUT2D eigenvalue weighted by molar-refractivity contribution is 6.30. The van der Waals surface area contributed by atoms with Gasteiger partial charge in [0, 0.05) is 16.8 Å². The molecule has 28 heavy (non-hydrogen) atoms. The molecule has 1 aliphatic heterocycles. The molecule has 1 aliphatic carbocycles. The fraction of sp³-hybridized carbons (Fsp3) is 0.333. The van der Waals surface area contributed by atoms with E-state index in [0.29, 0.717) is 47.9 Å². The van der Waals surface area contributed by atoms with Crippen LogP contribution < -0.4 is 14.8 Å². The lowest BCUT2D eigenvalue weighted by molar-refractivity contribution is -0.122. The van der Waals surface area contributed by atoms with Crippen molar-refractivity contribution >= 4 is 29.2 Å². The third-order valence-corrected chi connectivity index (χ3v) is 5.91. The summed E-state index contributed by atoms with van der Waals surface area (Å²) in [6.07, 6.45) is 2.48. The van der Waals surface area contributed by atoms with Crippen LogP contribution in [0.2, 0.25) is 5.02 Å². The van der Waals surface area contributed by atoms with Gasteiger partial charge in [0.25, 0.3) is 0 Å². The van der Waals surface area contributed by atoms with Gasteiger partial charge in [-0.25, -0.2) is 4.79 Å². The van der Waals surface area contributed by atoms with Crippen LogP contribution in [0.3, 0.4) is 0 Å². The topological polar surface area (TPSA) is 84.9 Å². The number of nitrogens with one attached hydrogen (secondary N) is 1. The number of carboxylic acid groups (broad SMARTS) is 1. The largest absolute Gasteiger partial charge is 0.493 e. The van der Waals surface area contributed by atoms with E-state index in [2.05, 4.69) is 5.32 Å². The minimum atomic E-state index is -0.996. The Morgan fingerprint density at radius 3 is 2.61 bits per heavy atom. The van der Waals surface area contributed by atoms with Gasteiger partial charge in [0.05, 0.1) is 24.2 Å². The fourth-order valence-electron chi connectivity index (χ4n) is 4.16. The Morgan fingerprint density at radius 1 is 1.18 bits per heavy atom. The molecule has 1 fully saturated rings. The summed E-state index contributed by atoms with van der Waals surface area (Å²) in [4.78, 5) is 24.1. The lowest BCUT2D eigenvalue weighted by atomic mass is 9.69. The van der Waals surface area contributed by atoms with E-state index in [4.69, 9.17) is 21.1 Å². The Kier molecular flexibility index (Phi) is 4.67. The molecule has 1 heterocycles. The predicted molar refractivity (Wildman–Crippen MR) is 105 cm³/mol. The number of halogens is 1. The minimum Gasteiger partial charge on any atom is -0.493 e. The summed E-state index contributed by atoms with van der Waals surface area (Å²) in [5.41, 5.74) is 0.984. The number of amides is 1. The number of methoxy groups -OCH3 is 1. The molecule has 0 aromatic heterocycles. The van der Waals surface area contributed by atoms with E-state index in [1.54, 1.807) is 37.4 Å². The van der Waals surface area contributed by atoms with Gasteiger partial charge in [-0.1, -0.05) is 11.6 Å². The number of fused-ring (bicyclic) bond motifs is 2. The van der Waals surface area contributed by atoms with Gasteiger partial charge in [-0.15, -0.1) is 0 Å². The second-order valence-corrected chi connectivity index (χ2v) is 7.65. The van der Waals surface area contributed by atoms with Crippen molar-refractivity contribution in [3.63, 3.8) is 0 Å². The predicted octanol–water partition coefficient (Wildman–Crippen LogP) is 4.26. The molecular weight excluding hydrogens is 382 g/mol. The molecule has 0 radical (unpaired) electrons. The number of hydrogen-bond acceptors (Lipinski definition) is 4. The van der Waals surface area contributed by atoms with Gasteiger partial charge in [-0.3, -0.25) is 4.79 Å². The number of hydrogen-bond donors (Lipinski definition) is 2. The Morgan fingerprint density at radius 2 is 1.93 bits per heavy atom. The Bertz CT molecular complexity index is 950. The van der Waals surface area contributed by atoms with Crippen LogP contribution in [0.25, 0.3) is 0 Å². The van der Waals surface area contributed by atoms with Crippen molar-refractivity contribution in [3.8, 4) is 11.5 Å². The summed E-state index contributed by atoms with van der Waals surface area (Å²) in [6.45, 7) is 0. The third-order valence-electron chi connectivity index (χ3n) is 5.67. The fourth-order valence-corrected chi connectivity index (χ4v) is 4.33. The van der Waals surface area contributed by atoms with Crippen molar-refractivity contribution < 1.29 is 24.2 Å². The second kappa shape index (κ2) is 7.02. The SMILES string of the molecule is COc1cc(Cl)ccc1O[C@H]1CC[C@]2(CC1)C(=O)Nc1ccc(C(=O)O)cc12. The van der Waals surface area contributed by atoms with Crippen molar-refractivity contribution in [1.82, 2.24) is 0 Å². The molecule has 1 saturated carbocycles. The summed E-state index contributed by atoms with van der Waals surface area (Å²) in [5.74, 6) is 0.136. The van der Waals surface area contributed by atoms with Crippen LogP contribution in [0.15, 0.2) is 36.4 Å². The molecule has 0 atom stereocenters. The first-order valence-electron chi connectivity index (χ1n) is 9.12. The third kappa shape index (κ3) is 3.07. The monoisotopic (exact) mass is 401 g/mol. The van der Waals surface area contributed by atoms with Crippen LogP contribution in [0.4, 0.5) is 5.69 Å². The van der Waals surface area contributed by atoms with Gasteiger partial charge < -0.3 is 19.9 Å². The number of rotatable bonds is 4. The quantitative estimate of drug-likeness (QED) is 0.799. The van der Waals surface area contributed by atoms with Crippen LogP contribution >= 0.6 is 11.6 Å². The first-order valence-corrected chi connectivity index (χ1v) is 9.50. The Balaban J connectivity index is 1.54. The van der Waals surface area contributed by atoms with Crippen LogP contribution in [0, 0.1) is 0 Å². The van der Waals surface area contributed by atoms with Crippen LogP contribution in [0.5, 0.6) is 11.5 Å². The zero-order valence-corrected chi connectivity index (χ0v) is 16.1. The summed E-state index contributed by atoms with van der Waals surface area (Å²) < 4.78 is 11.4. The summed E-state index contributed by atoms with van der Waals surface area (Å²) in [7, 11) is 1.56. The minimum absolute atomic E-state index is 0.0554. The number of carbonyl (C=O) groups excluding carboxylic acids is 1. The van der Waals surface area contributed by atoms with E-state index in [1.807, 2.05) is 0 Å². The van der Waals surface area contributed by atoms with Gasteiger partial charge in [0.15, 0.2) is 11.5 Å². The molecule has 146 valence electrons. The van der Waals surface area contributed by atoms with Crippen LogP contribution in [-0.4, -0.2) is 30.2 Å². The smallest absolute Gasteiger partial charge is 0.335 e. The van der Waals surface area contributed by atoms with Crippen molar-refractivity contribution in [2.24, 2.45) is 0 Å². The maximum absolute atomic E-state index is 12.8. The molecule has 6 nitrogen and oxygen atoms in total. The maximum atomic E-state index is 12.8. The lowest BCUT2D eigenvalue weighted by Crippen LogP contribution is -2.41. The number of ether oxygens (including phenoxy) is 2. The first-order chi connectivity index (χ1) is 13.4. The van der Waals surface area contributed by atoms with E-state index in [1.165, 1.54) is 6.07 Å². The first kappa shape index (κ1) is 18.6. The van der Waals surface area contributed by atoms with E-state index in [-0.39, 0.29) is 17.6 Å². The maximum Gasteiger partial charge on any atom is 0.335 e. The van der Waals surface area contributed by atoms with Crippen molar-refractivity contribution in [3.05, 3.63) is 52.5 Å². The molecule has 7 heteroatoms. The van der Waals surface area contributed by atoms with Crippen molar-refractivity contribution in [1.29, 1.82) is 0 Å². The standard InChI is InChI=1S/C21H20ClNO5/c1-27-18-11-13(22)3-5-17(18)28-14-6-8-21(9-7-14)15-10-12(19(24)25)2-4-16(15)23-20(21)26/h2-5,10-11,14H,6-9H2,1H3,(H,23,26)(H,24,25)/t14-,21+. The van der Waals surface area contributed by atoms with Gasteiger partial charge in [0.1, 0.15) is 0 Å². The highest BCUT2D eigenvalue weighted by Gasteiger charge is 2.49. The highest BCUT2D eigenvalue weighted by atomic mass is 35.5.